The highest BCUT2D eigenvalue weighted by molar-refractivity contribution is 9.14. The van der Waals surface area contributed by atoms with Gasteiger partial charge in [0.25, 0.3) is 0 Å². The molecule has 0 atom stereocenters. The van der Waals surface area contributed by atoms with Gasteiger partial charge < -0.3 is 5.73 Å². The number of halogens is 3. The van der Waals surface area contributed by atoms with Crippen molar-refractivity contribution in [3.05, 3.63) is 17.6 Å². The number of thiophene rings is 1. The van der Waals surface area contributed by atoms with Gasteiger partial charge in [-0.05, 0) is 47.8 Å². The summed E-state index contributed by atoms with van der Waals surface area (Å²) < 4.78 is 3.20. The van der Waals surface area contributed by atoms with Gasteiger partial charge >= 0.3 is 0 Å². The van der Waals surface area contributed by atoms with E-state index in [1.54, 1.807) is 11.3 Å². The molecule has 0 radical (unpaired) electrons. The summed E-state index contributed by atoms with van der Waals surface area (Å²) in [7, 11) is 0. The Kier molecular flexibility index (Phi) is 3.37. The van der Waals surface area contributed by atoms with Crippen LogP contribution in [0.4, 0.5) is 0 Å². The Morgan fingerprint density at radius 1 is 1.20 bits per heavy atom. The predicted octanol–water partition coefficient (Wildman–Crippen LogP) is 3.49. The highest BCUT2D eigenvalue weighted by Crippen LogP contribution is 2.40. The van der Waals surface area contributed by atoms with E-state index in [0.29, 0.717) is 6.54 Å². The molecule has 1 heterocycles. The second-order valence-corrected chi connectivity index (χ2v) is 5.64. The van der Waals surface area contributed by atoms with Crippen LogP contribution in [0.2, 0.25) is 0 Å². The van der Waals surface area contributed by atoms with Crippen LogP contribution < -0.4 is 5.73 Å². The number of hydrogen-bond acceptors (Lipinski definition) is 2. The molecule has 0 fully saturated rings. The average Bonchev–Trinajstić information content (AvgIpc) is 2.17. The van der Waals surface area contributed by atoms with Gasteiger partial charge in [-0.2, -0.15) is 0 Å². The Hall–Kier alpha value is 1.10. The average molecular weight is 350 g/mol. The molecule has 56 valence electrons. The van der Waals surface area contributed by atoms with E-state index in [9.17, 15) is 0 Å². The summed E-state index contributed by atoms with van der Waals surface area (Å²) in [5.41, 5.74) is 5.47. The Balaban J connectivity index is 3.17. The summed E-state index contributed by atoms with van der Waals surface area (Å²) in [5.74, 6) is 0. The third-order valence-corrected chi connectivity index (χ3v) is 6.15. The highest BCUT2D eigenvalue weighted by Gasteiger charge is 2.09. The van der Waals surface area contributed by atoms with Gasteiger partial charge in [-0.3, -0.25) is 0 Å². The Morgan fingerprint density at radius 2 is 1.80 bits per heavy atom. The molecule has 0 aliphatic carbocycles. The monoisotopic (exact) mass is 347 g/mol. The van der Waals surface area contributed by atoms with E-state index in [2.05, 4.69) is 47.8 Å². The van der Waals surface area contributed by atoms with Crippen LogP contribution in [-0.4, -0.2) is 0 Å². The van der Waals surface area contributed by atoms with Crippen LogP contribution in [0.15, 0.2) is 12.7 Å². The van der Waals surface area contributed by atoms with Gasteiger partial charge in [0.2, 0.25) is 0 Å². The van der Waals surface area contributed by atoms with Crippen molar-refractivity contribution in [2.45, 2.75) is 6.54 Å². The zero-order valence-electron chi connectivity index (χ0n) is 4.83. The molecular formula is C5H4Br3NS. The molecule has 10 heavy (non-hydrogen) atoms. The fourth-order valence-corrected chi connectivity index (χ4v) is 3.62. The summed E-state index contributed by atoms with van der Waals surface area (Å²) in [6, 6.07) is 0. The largest absolute Gasteiger partial charge is 0.326 e. The summed E-state index contributed by atoms with van der Waals surface area (Å²) >= 11 is 11.8. The van der Waals surface area contributed by atoms with Crippen molar-refractivity contribution in [2.24, 2.45) is 5.73 Å². The van der Waals surface area contributed by atoms with Crippen LogP contribution in [-0.2, 0) is 6.54 Å². The maximum Gasteiger partial charge on any atom is 0.0855 e. The minimum atomic E-state index is 0.579. The molecule has 2 N–H and O–H groups in total. The first-order chi connectivity index (χ1) is 4.66. The van der Waals surface area contributed by atoms with Crippen LogP contribution in [0.5, 0.6) is 0 Å². The molecule has 1 aromatic heterocycles. The summed E-state index contributed by atoms with van der Waals surface area (Å²) in [4.78, 5) is 1.15. The molecule has 0 amide bonds. The second-order valence-electron chi connectivity index (χ2n) is 1.63. The van der Waals surface area contributed by atoms with Gasteiger partial charge in [0, 0.05) is 15.9 Å². The quantitative estimate of drug-likeness (QED) is 0.825. The fraction of sp³-hybridized carbons (Fsp3) is 0.200. The van der Waals surface area contributed by atoms with Gasteiger partial charge in [-0.25, -0.2) is 0 Å². The van der Waals surface area contributed by atoms with Crippen molar-refractivity contribution in [2.75, 3.05) is 0 Å². The van der Waals surface area contributed by atoms with Crippen LogP contribution >= 0.6 is 59.1 Å². The first-order valence-electron chi connectivity index (χ1n) is 2.49. The minimum absolute atomic E-state index is 0.579. The van der Waals surface area contributed by atoms with Gasteiger partial charge in [-0.1, -0.05) is 0 Å². The number of nitrogens with two attached hydrogens (primary N) is 1. The molecule has 5 heteroatoms. The van der Waals surface area contributed by atoms with Crippen LogP contribution in [0.3, 0.4) is 0 Å². The molecule has 0 spiro atoms. The zero-order valence-corrected chi connectivity index (χ0v) is 10.4. The van der Waals surface area contributed by atoms with E-state index >= 15 is 0 Å². The van der Waals surface area contributed by atoms with Crippen LogP contribution in [0.1, 0.15) is 4.88 Å². The van der Waals surface area contributed by atoms with Crippen molar-refractivity contribution in [3.63, 3.8) is 0 Å². The smallest absolute Gasteiger partial charge is 0.0855 e. The first kappa shape index (κ1) is 9.19. The molecule has 1 rings (SSSR count). The predicted molar refractivity (Wildman–Crippen MR) is 55.3 cm³/mol. The molecule has 0 saturated heterocycles. The lowest BCUT2D eigenvalue weighted by Crippen LogP contribution is -1.92. The van der Waals surface area contributed by atoms with E-state index < -0.39 is 0 Å². The lowest BCUT2D eigenvalue weighted by Gasteiger charge is -1.88. The lowest BCUT2D eigenvalue weighted by atomic mass is 10.5. The van der Waals surface area contributed by atoms with Crippen LogP contribution in [0, 0.1) is 0 Å². The fourth-order valence-electron chi connectivity index (χ4n) is 0.538. The molecular weight excluding hydrogens is 346 g/mol. The molecule has 0 aromatic carbocycles. The maximum atomic E-state index is 5.47. The van der Waals surface area contributed by atoms with Gasteiger partial charge in [-0.15, -0.1) is 11.3 Å². The Labute approximate surface area is 88.4 Å². The number of hydrogen-bond donors (Lipinski definition) is 1. The van der Waals surface area contributed by atoms with Crippen molar-refractivity contribution in [3.8, 4) is 0 Å². The van der Waals surface area contributed by atoms with Crippen molar-refractivity contribution >= 4 is 59.1 Å². The molecule has 1 aromatic rings. The van der Waals surface area contributed by atoms with Crippen LogP contribution in [0.25, 0.3) is 0 Å². The molecule has 0 bridgehead atoms. The Morgan fingerprint density at radius 3 is 2.00 bits per heavy atom. The molecule has 0 saturated carbocycles. The second kappa shape index (κ2) is 3.67. The summed E-state index contributed by atoms with van der Waals surface area (Å²) in [6.45, 7) is 0.579. The summed E-state index contributed by atoms with van der Waals surface area (Å²) in [5, 5.41) is 0. The standard InChI is InChI=1S/C5H4Br3NS/c6-3-2(1-9)10-5(8)4(3)7/h1,9H2. The Bertz CT molecular complexity index is 245. The van der Waals surface area contributed by atoms with Gasteiger partial charge in [0.05, 0.1) is 8.26 Å². The van der Waals surface area contributed by atoms with Crippen molar-refractivity contribution in [1.29, 1.82) is 0 Å². The highest BCUT2D eigenvalue weighted by atomic mass is 79.9. The third-order valence-electron chi connectivity index (χ3n) is 1.01. The van der Waals surface area contributed by atoms with Crippen molar-refractivity contribution < 1.29 is 0 Å². The molecule has 0 aliphatic heterocycles. The van der Waals surface area contributed by atoms with Gasteiger partial charge in [0.15, 0.2) is 0 Å². The van der Waals surface area contributed by atoms with E-state index in [1.807, 2.05) is 0 Å². The van der Waals surface area contributed by atoms with E-state index in [0.717, 1.165) is 17.6 Å². The normalized spacial score (nSPS) is 10.4. The lowest BCUT2D eigenvalue weighted by molar-refractivity contribution is 1.10. The number of rotatable bonds is 1. The molecule has 1 nitrogen and oxygen atoms in total. The SMILES string of the molecule is NCc1sc(Br)c(Br)c1Br. The van der Waals surface area contributed by atoms with E-state index in [4.69, 9.17) is 5.73 Å². The zero-order chi connectivity index (χ0) is 7.72. The maximum absolute atomic E-state index is 5.47. The third kappa shape index (κ3) is 1.64. The van der Waals surface area contributed by atoms with E-state index in [1.165, 1.54) is 0 Å². The van der Waals surface area contributed by atoms with E-state index in [-0.39, 0.29) is 0 Å². The minimum Gasteiger partial charge on any atom is -0.326 e. The summed E-state index contributed by atoms with van der Waals surface area (Å²) in [6.07, 6.45) is 0. The molecule has 0 aliphatic rings. The van der Waals surface area contributed by atoms with Crippen molar-refractivity contribution in [1.82, 2.24) is 0 Å². The topological polar surface area (TPSA) is 26.0 Å². The first-order valence-corrected chi connectivity index (χ1v) is 5.68. The molecule has 0 unspecified atom stereocenters. The van der Waals surface area contributed by atoms with Gasteiger partial charge in [0.1, 0.15) is 0 Å².